The normalized spacial score (nSPS) is 26.6. The van der Waals surface area contributed by atoms with Gasteiger partial charge in [0.2, 0.25) is 0 Å². The minimum Gasteiger partial charge on any atom is -0.478 e. The Kier molecular flexibility index (Phi) is 4.95. The Hall–Kier alpha value is -1.68. The number of hydrogen-bond acceptors (Lipinski definition) is 3. The highest BCUT2D eigenvalue weighted by molar-refractivity contribution is 5.98. The lowest BCUT2D eigenvalue weighted by Crippen LogP contribution is -2.49. The van der Waals surface area contributed by atoms with E-state index in [9.17, 15) is 14.7 Å². The van der Waals surface area contributed by atoms with Gasteiger partial charge in [-0.3, -0.25) is 4.79 Å². The number of carboxylic acid groups (broad SMARTS) is 1. The predicted molar refractivity (Wildman–Crippen MR) is 81.9 cm³/mol. The zero-order chi connectivity index (χ0) is 16.4. The van der Waals surface area contributed by atoms with Gasteiger partial charge in [0.1, 0.15) is 5.60 Å². The lowest BCUT2D eigenvalue weighted by Gasteiger charge is -2.45. The van der Waals surface area contributed by atoms with E-state index >= 15 is 0 Å². The van der Waals surface area contributed by atoms with E-state index < -0.39 is 17.0 Å². The van der Waals surface area contributed by atoms with Crippen molar-refractivity contribution in [3.05, 3.63) is 34.9 Å². The molecule has 4 heteroatoms. The van der Waals surface area contributed by atoms with E-state index in [0.29, 0.717) is 23.1 Å². The summed E-state index contributed by atoms with van der Waals surface area (Å²) < 4.78 is 0. The first-order valence-electron chi connectivity index (χ1n) is 7.11. The first-order valence-corrected chi connectivity index (χ1v) is 7.11. The van der Waals surface area contributed by atoms with E-state index in [1.807, 2.05) is 20.8 Å². The molecular weight excluding hydrogens is 268 g/mol. The zero-order valence-electron chi connectivity index (χ0n) is 13.4. The van der Waals surface area contributed by atoms with Crippen LogP contribution in [0.2, 0.25) is 0 Å². The molecule has 0 aliphatic heterocycles. The third kappa shape index (κ3) is 3.32. The van der Waals surface area contributed by atoms with E-state index in [1.54, 1.807) is 26.0 Å². The summed E-state index contributed by atoms with van der Waals surface area (Å²) in [5.41, 5.74) is -0.0198. The smallest absolute Gasteiger partial charge is 0.328 e. The summed E-state index contributed by atoms with van der Waals surface area (Å²) in [6.45, 7) is 9.03. The second-order valence-corrected chi connectivity index (χ2v) is 6.27. The van der Waals surface area contributed by atoms with E-state index in [4.69, 9.17) is 5.11 Å². The summed E-state index contributed by atoms with van der Waals surface area (Å²) in [6.07, 6.45) is 5.15. The minimum absolute atomic E-state index is 0.0795. The van der Waals surface area contributed by atoms with Gasteiger partial charge in [0.05, 0.1) is 0 Å². The Morgan fingerprint density at radius 2 is 1.95 bits per heavy atom. The van der Waals surface area contributed by atoms with Crippen LogP contribution in [0.5, 0.6) is 0 Å². The molecule has 1 aliphatic carbocycles. The SMILES string of the molecule is CCC1=C(C)C(O)(/C=C/C(C)=C\C(=O)O)C(C)(C)CC1=O. The van der Waals surface area contributed by atoms with E-state index in [1.165, 1.54) is 0 Å². The molecule has 1 aliphatic rings. The second kappa shape index (κ2) is 5.98. The van der Waals surface area contributed by atoms with Gasteiger partial charge in [0.15, 0.2) is 5.78 Å². The van der Waals surface area contributed by atoms with Crippen LogP contribution in [0.1, 0.15) is 47.5 Å². The predicted octanol–water partition coefficient (Wildman–Crippen LogP) is 3.03. The molecule has 2 N–H and O–H groups in total. The third-order valence-corrected chi connectivity index (χ3v) is 4.29. The summed E-state index contributed by atoms with van der Waals surface area (Å²) in [4.78, 5) is 22.8. The van der Waals surface area contributed by atoms with Crippen LogP contribution < -0.4 is 0 Å². The maximum absolute atomic E-state index is 12.1. The van der Waals surface area contributed by atoms with Gasteiger partial charge in [-0.05, 0) is 43.1 Å². The number of allylic oxidation sites excluding steroid dienone is 3. The first-order chi connectivity index (χ1) is 9.55. The molecule has 0 aromatic heterocycles. The van der Waals surface area contributed by atoms with Crippen molar-refractivity contribution in [2.75, 3.05) is 0 Å². The van der Waals surface area contributed by atoms with Crippen LogP contribution in [0.15, 0.2) is 34.9 Å². The van der Waals surface area contributed by atoms with Gasteiger partial charge in [-0.15, -0.1) is 0 Å². The minimum atomic E-state index is -1.25. The monoisotopic (exact) mass is 292 g/mol. The van der Waals surface area contributed by atoms with Crippen molar-refractivity contribution in [1.82, 2.24) is 0 Å². The fourth-order valence-corrected chi connectivity index (χ4v) is 2.90. The molecule has 0 saturated heterocycles. The first kappa shape index (κ1) is 17.4. The highest BCUT2D eigenvalue weighted by Crippen LogP contribution is 2.47. The Bertz CT molecular complexity index is 549. The molecule has 1 unspecified atom stereocenters. The number of Topliss-reactive ketones (excluding diaryl/α,β-unsaturated/α-hetero) is 1. The van der Waals surface area contributed by atoms with Crippen molar-refractivity contribution in [2.24, 2.45) is 5.41 Å². The number of carboxylic acids is 1. The van der Waals surface area contributed by atoms with Gasteiger partial charge in [-0.1, -0.05) is 26.8 Å². The fourth-order valence-electron chi connectivity index (χ4n) is 2.90. The quantitative estimate of drug-likeness (QED) is 0.617. The number of hydrogen-bond donors (Lipinski definition) is 2. The van der Waals surface area contributed by atoms with Gasteiger partial charge < -0.3 is 10.2 Å². The highest BCUT2D eigenvalue weighted by atomic mass is 16.4. The average Bonchev–Trinajstić information content (AvgIpc) is 2.33. The molecule has 1 atom stereocenters. The van der Waals surface area contributed by atoms with Gasteiger partial charge in [-0.25, -0.2) is 4.79 Å². The summed E-state index contributed by atoms with van der Waals surface area (Å²) in [5.74, 6) is -0.945. The maximum Gasteiger partial charge on any atom is 0.328 e. The van der Waals surface area contributed by atoms with E-state index in [2.05, 4.69) is 0 Å². The molecule has 0 heterocycles. The van der Waals surface area contributed by atoms with Crippen LogP contribution in [0, 0.1) is 5.41 Å². The number of carbonyl (C=O) groups is 2. The molecular formula is C17H24O4. The highest BCUT2D eigenvalue weighted by Gasteiger charge is 2.48. The molecule has 21 heavy (non-hydrogen) atoms. The summed E-state index contributed by atoms with van der Waals surface area (Å²) in [7, 11) is 0. The fraction of sp³-hybridized carbons (Fsp3) is 0.529. The molecule has 0 amide bonds. The van der Waals surface area contributed by atoms with Gasteiger partial charge in [0, 0.05) is 17.9 Å². The van der Waals surface area contributed by atoms with Crippen LogP contribution in [0.4, 0.5) is 0 Å². The number of aliphatic hydroxyl groups is 1. The van der Waals surface area contributed by atoms with Crippen LogP contribution in [-0.4, -0.2) is 27.6 Å². The van der Waals surface area contributed by atoms with Gasteiger partial charge in [-0.2, -0.15) is 0 Å². The molecule has 1 rings (SSSR count). The van der Waals surface area contributed by atoms with Crippen molar-refractivity contribution >= 4 is 11.8 Å². The average molecular weight is 292 g/mol. The lowest BCUT2D eigenvalue weighted by atomic mass is 9.62. The Morgan fingerprint density at radius 1 is 1.38 bits per heavy atom. The van der Waals surface area contributed by atoms with Crippen molar-refractivity contribution in [1.29, 1.82) is 0 Å². The molecule has 0 aromatic rings. The molecule has 4 nitrogen and oxygen atoms in total. The van der Waals surface area contributed by atoms with Crippen molar-refractivity contribution < 1.29 is 19.8 Å². The Labute approximate surface area is 125 Å². The molecule has 116 valence electrons. The second-order valence-electron chi connectivity index (χ2n) is 6.27. The largest absolute Gasteiger partial charge is 0.478 e. The number of ketones is 1. The topological polar surface area (TPSA) is 74.6 Å². The Morgan fingerprint density at radius 3 is 2.43 bits per heavy atom. The van der Waals surface area contributed by atoms with E-state index in [-0.39, 0.29) is 12.2 Å². The third-order valence-electron chi connectivity index (χ3n) is 4.29. The number of aliphatic carboxylic acids is 1. The van der Waals surface area contributed by atoms with Gasteiger partial charge in [0.25, 0.3) is 0 Å². The molecule has 0 bridgehead atoms. The van der Waals surface area contributed by atoms with Crippen LogP contribution in [0.3, 0.4) is 0 Å². The van der Waals surface area contributed by atoms with Crippen LogP contribution >= 0.6 is 0 Å². The summed E-state index contributed by atoms with van der Waals surface area (Å²) >= 11 is 0. The molecule has 0 saturated carbocycles. The maximum atomic E-state index is 12.1. The Balaban J connectivity index is 3.33. The zero-order valence-corrected chi connectivity index (χ0v) is 13.4. The number of rotatable bonds is 4. The summed E-state index contributed by atoms with van der Waals surface area (Å²) in [6, 6.07) is 0. The lowest BCUT2D eigenvalue weighted by molar-refractivity contribution is -0.131. The van der Waals surface area contributed by atoms with E-state index in [0.717, 1.165) is 6.08 Å². The molecule has 0 spiro atoms. The summed E-state index contributed by atoms with van der Waals surface area (Å²) in [5, 5.41) is 19.8. The van der Waals surface area contributed by atoms with Crippen molar-refractivity contribution in [2.45, 2.75) is 53.1 Å². The molecule has 0 aromatic carbocycles. The van der Waals surface area contributed by atoms with Crippen molar-refractivity contribution in [3.8, 4) is 0 Å². The van der Waals surface area contributed by atoms with Crippen molar-refractivity contribution in [3.63, 3.8) is 0 Å². The van der Waals surface area contributed by atoms with Crippen LogP contribution in [0.25, 0.3) is 0 Å². The number of carbonyl (C=O) groups excluding carboxylic acids is 1. The standard InChI is InChI=1S/C17H24O4/c1-6-13-12(3)17(21,16(4,5)10-14(13)18)8-7-11(2)9-15(19)20/h7-9,21H,6,10H2,1-5H3,(H,19,20)/b8-7+,11-9-. The van der Waals surface area contributed by atoms with Gasteiger partial charge >= 0.3 is 5.97 Å². The molecule has 0 radical (unpaired) electrons. The van der Waals surface area contributed by atoms with Crippen LogP contribution in [-0.2, 0) is 9.59 Å². The molecule has 0 fully saturated rings.